The third-order valence-electron chi connectivity index (χ3n) is 4.33. The molecule has 0 aromatic heterocycles. The Labute approximate surface area is 142 Å². The molecule has 0 aliphatic carbocycles. The van der Waals surface area contributed by atoms with Crippen molar-refractivity contribution < 1.29 is 4.79 Å². The summed E-state index contributed by atoms with van der Waals surface area (Å²) in [6, 6.07) is 16.5. The summed E-state index contributed by atoms with van der Waals surface area (Å²) in [5.74, 6) is 0.0801. The van der Waals surface area contributed by atoms with Gasteiger partial charge in [-0.1, -0.05) is 41.9 Å². The number of para-hydroxylation sites is 1. The Morgan fingerprint density at radius 2 is 1.96 bits per heavy atom. The van der Waals surface area contributed by atoms with Gasteiger partial charge in [-0.05, 0) is 42.7 Å². The Morgan fingerprint density at radius 1 is 1.22 bits per heavy atom. The van der Waals surface area contributed by atoms with Crippen LogP contribution in [0.15, 0.2) is 48.5 Å². The van der Waals surface area contributed by atoms with Gasteiger partial charge in [-0.25, -0.2) is 0 Å². The van der Waals surface area contributed by atoms with Gasteiger partial charge in [0.25, 0.3) is 0 Å². The molecule has 0 bridgehead atoms. The third-order valence-corrected chi connectivity index (χ3v) is 4.58. The molecule has 3 nitrogen and oxygen atoms in total. The molecule has 4 heteroatoms. The molecule has 0 saturated carbocycles. The van der Waals surface area contributed by atoms with E-state index in [1.165, 1.54) is 11.3 Å². The van der Waals surface area contributed by atoms with Gasteiger partial charge < -0.3 is 10.2 Å². The topological polar surface area (TPSA) is 32.3 Å². The summed E-state index contributed by atoms with van der Waals surface area (Å²) >= 11 is 5.86. The summed E-state index contributed by atoms with van der Waals surface area (Å²) in [4.78, 5) is 14.4. The Balaban J connectivity index is 1.50. The maximum atomic E-state index is 12.1. The molecule has 3 rings (SSSR count). The Bertz CT molecular complexity index is 684. The van der Waals surface area contributed by atoms with Crippen molar-refractivity contribution in [1.82, 2.24) is 5.32 Å². The van der Waals surface area contributed by atoms with E-state index in [9.17, 15) is 4.79 Å². The van der Waals surface area contributed by atoms with E-state index >= 15 is 0 Å². The molecule has 2 aromatic carbocycles. The maximum Gasteiger partial charge on any atom is 0.222 e. The molecule has 120 valence electrons. The van der Waals surface area contributed by atoms with Gasteiger partial charge in [0.05, 0.1) is 0 Å². The average Bonchev–Trinajstić information content (AvgIpc) is 2.87. The monoisotopic (exact) mass is 328 g/mol. The predicted octanol–water partition coefficient (Wildman–Crippen LogP) is 3.80. The lowest BCUT2D eigenvalue weighted by Gasteiger charge is -2.24. The smallest absolute Gasteiger partial charge is 0.222 e. The van der Waals surface area contributed by atoms with E-state index in [-0.39, 0.29) is 5.91 Å². The summed E-state index contributed by atoms with van der Waals surface area (Å²) < 4.78 is 0. The zero-order valence-corrected chi connectivity index (χ0v) is 14.0. The number of hydrogen-bond acceptors (Lipinski definition) is 2. The molecule has 1 aliphatic heterocycles. The van der Waals surface area contributed by atoms with Gasteiger partial charge in [0.15, 0.2) is 0 Å². The van der Waals surface area contributed by atoms with Crippen LogP contribution in [0.3, 0.4) is 0 Å². The molecule has 1 heterocycles. The van der Waals surface area contributed by atoms with Crippen molar-refractivity contribution in [3.8, 4) is 0 Å². The maximum absolute atomic E-state index is 12.1. The van der Waals surface area contributed by atoms with Crippen LogP contribution in [0.2, 0.25) is 5.02 Å². The zero-order valence-electron chi connectivity index (χ0n) is 13.3. The van der Waals surface area contributed by atoms with E-state index in [4.69, 9.17) is 11.6 Å². The number of carbonyl (C=O) groups is 1. The summed E-state index contributed by atoms with van der Waals surface area (Å²) in [5.41, 5.74) is 3.70. The van der Waals surface area contributed by atoms with E-state index in [0.29, 0.717) is 24.0 Å². The fraction of sp³-hybridized carbons (Fsp3) is 0.316. The quantitative estimate of drug-likeness (QED) is 0.905. The fourth-order valence-electron chi connectivity index (χ4n) is 3.08. The molecule has 1 N–H and O–H groups in total. The first-order valence-electron chi connectivity index (χ1n) is 7.99. The lowest BCUT2D eigenvalue weighted by molar-refractivity contribution is -0.121. The first-order chi connectivity index (χ1) is 11.1. The summed E-state index contributed by atoms with van der Waals surface area (Å²) in [5, 5.41) is 3.68. The van der Waals surface area contributed by atoms with Gasteiger partial charge in [-0.3, -0.25) is 4.79 Å². The van der Waals surface area contributed by atoms with Crippen LogP contribution in [0.5, 0.6) is 0 Å². The van der Waals surface area contributed by atoms with E-state index in [2.05, 4.69) is 41.4 Å². The highest BCUT2D eigenvalue weighted by Gasteiger charge is 2.25. The highest BCUT2D eigenvalue weighted by atomic mass is 35.5. The van der Waals surface area contributed by atoms with Crippen LogP contribution in [0.4, 0.5) is 5.69 Å². The Kier molecular flexibility index (Phi) is 4.87. The molecule has 0 fully saturated rings. The number of benzene rings is 2. The predicted molar refractivity (Wildman–Crippen MR) is 94.9 cm³/mol. The number of hydrogen-bond donors (Lipinski definition) is 1. The van der Waals surface area contributed by atoms with Crippen molar-refractivity contribution in [2.75, 3.05) is 11.4 Å². The second-order valence-electron chi connectivity index (χ2n) is 6.03. The molecule has 1 aliphatic rings. The fourth-order valence-corrected chi connectivity index (χ4v) is 3.21. The molecule has 0 saturated heterocycles. The minimum absolute atomic E-state index is 0.0801. The number of amides is 1. The lowest BCUT2D eigenvalue weighted by atomic mass is 10.1. The number of carbonyl (C=O) groups excluding carboxylic acids is 1. The van der Waals surface area contributed by atoms with Crippen LogP contribution in [-0.2, 0) is 17.8 Å². The SMILES string of the molecule is CC1Cc2ccccc2N1CCC(=O)NCc1ccc(Cl)cc1. The van der Waals surface area contributed by atoms with Crippen molar-refractivity contribution in [2.24, 2.45) is 0 Å². The van der Waals surface area contributed by atoms with Crippen molar-refractivity contribution in [3.05, 3.63) is 64.7 Å². The molecule has 0 spiro atoms. The lowest BCUT2D eigenvalue weighted by Crippen LogP contribution is -2.34. The normalized spacial score (nSPS) is 16.3. The first kappa shape index (κ1) is 15.9. The van der Waals surface area contributed by atoms with Gasteiger partial charge in [0.2, 0.25) is 5.91 Å². The number of fused-ring (bicyclic) bond motifs is 1. The van der Waals surface area contributed by atoms with E-state index in [1.807, 2.05) is 24.3 Å². The van der Waals surface area contributed by atoms with Crippen molar-refractivity contribution in [1.29, 1.82) is 0 Å². The van der Waals surface area contributed by atoms with Crippen LogP contribution >= 0.6 is 11.6 Å². The van der Waals surface area contributed by atoms with Crippen molar-refractivity contribution >= 4 is 23.2 Å². The van der Waals surface area contributed by atoms with Crippen LogP contribution in [0.25, 0.3) is 0 Å². The van der Waals surface area contributed by atoms with Gasteiger partial charge in [0.1, 0.15) is 0 Å². The molecular weight excluding hydrogens is 308 g/mol. The molecule has 1 unspecified atom stereocenters. The standard InChI is InChI=1S/C19H21ClN2O/c1-14-12-16-4-2-3-5-18(16)22(14)11-10-19(23)21-13-15-6-8-17(20)9-7-15/h2-9,14H,10-13H2,1H3,(H,21,23). The Hall–Kier alpha value is -2.00. The molecule has 23 heavy (non-hydrogen) atoms. The number of rotatable bonds is 5. The van der Waals surface area contributed by atoms with E-state index in [0.717, 1.165) is 18.5 Å². The minimum Gasteiger partial charge on any atom is -0.368 e. The first-order valence-corrected chi connectivity index (χ1v) is 8.37. The van der Waals surface area contributed by atoms with Crippen LogP contribution in [0.1, 0.15) is 24.5 Å². The highest BCUT2D eigenvalue weighted by molar-refractivity contribution is 6.30. The number of anilines is 1. The Morgan fingerprint density at radius 3 is 2.74 bits per heavy atom. The zero-order chi connectivity index (χ0) is 16.2. The highest BCUT2D eigenvalue weighted by Crippen LogP contribution is 2.31. The van der Waals surface area contributed by atoms with Crippen molar-refractivity contribution in [2.45, 2.75) is 32.4 Å². The van der Waals surface area contributed by atoms with Gasteiger partial charge in [-0.15, -0.1) is 0 Å². The summed E-state index contributed by atoms with van der Waals surface area (Å²) in [7, 11) is 0. The second-order valence-corrected chi connectivity index (χ2v) is 6.46. The molecule has 1 atom stereocenters. The van der Waals surface area contributed by atoms with Crippen LogP contribution < -0.4 is 10.2 Å². The van der Waals surface area contributed by atoms with Crippen LogP contribution in [0, 0.1) is 0 Å². The van der Waals surface area contributed by atoms with Gasteiger partial charge >= 0.3 is 0 Å². The number of nitrogens with one attached hydrogen (secondary N) is 1. The second kappa shape index (κ2) is 7.05. The average molecular weight is 329 g/mol. The van der Waals surface area contributed by atoms with Crippen molar-refractivity contribution in [3.63, 3.8) is 0 Å². The van der Waals surface area contributed by atoms with E-state index < -0.39 is 0 Å². The molecular formula is C19H21ClN2O. The minimum atomic E-state index is 0.0801. The molecule has 1 amide bonds. The molecule has 2 aromatic rings. The summed E-state index contributed by atoms with van der Waals surface area (Å²) in [6.45, 7) is 3.51. The third kappa shape index (κ3) is 3.85. The van der Waals surface area contributed by atoms with Crippen LogP contribution in [-0.4, -0.2) is 18.5 Å². The van der Waals surface area contributed by atoms with E-state index in [1.54, 1.807) is 0 Å². The molecule has 0 radical (unpaired) electrons. The summed E-state index contributed by atoms with van der Waals surface area (Å²) in [6.07, 6.45) is 1.56. The van der Waals surface area contributed by atoms with Gasteiger partial charge in [-0.2, -0.15) is 0 Å². The number of halogens is 1. The largest absolute Gasteiger partial charge is 0.368 e. The number of nitrogens with zero attached hydrogens (tertiary/aromatic N) is 1. The van der Waals surface area contributed by atoms with Gasteiger partial charge in [0, 0.05) is 36.3 Å².